The maximum Gasteiger partial charge on any atom is 0.138 e. The first-order valence-electron chi connectivity index (χ1n) is 4.51. The van der Waals surface area contributed by atoms with Gasteiger partial charge in [-0.3, -0.25) is 0 Å². The lowest BCUT2D eigenvalue weighted by Crippen LogP contribution is -1.91. The van der Waals surface area contributed by atoms with Gasteiger partial charge in [-0.15, -0.1) is 0 Å². The lowest BCUT2D eigenvalue weighted by molar-refractivity contribution is 1.26. The fraction of sp³-hybridized carbons (Fsp3) is 0.0909. The fourth-order valence-electron chi connectivity index (χ4n) is 1.44. The van der Waals surface area contributed by atoms with Crippen LogP contribution in [-0.2, 0) is 0 Å². The van der Waals surface area contributed by atoms with Crippen LogP contribution in [0.1, 0.15) is 11.1 Å². The molecule has 0 bridgehead atoms. The van der Waals surface area contributed by atoms with Gasteiger partial charge in [0.2, 0.25) is 0 Å². The number of rotatable bonds is 1. The average molecular weight is 220 g/mol. The van der Waals surface area contributed by atoms with E-state index in [-0.39, 0.29) is 0 Å². The number of hydrogen-bond acceptors (Lipinski definition) is 3. The molecular weight excluding hydrogens is 210 g/mol. The maximum absolute atomic E-state index is 5.98. The Kier molecular flexibility index (Phi) is 2.56. The smallest absolute Gasteiger partial charge is 0.138 e. The summed E-state index contributed by atoms with van der Waals surface area (Å²) in [5.41, 5.74) is 2.77. The molecule has 2 rings (SSSR count). The molecule has 0 aliphatic rings. The number of nitrogens with zero attached hydrogens (tertiary/aromatic N) is 2. The van der Waals surface area contributed by atoms with E-state index in [0.29, 0.717) is 5.15 Å². The van der Waals surface area contributed by atoms with Crippen LogP contribution in [0.15, 0.2) is 29.4 Å². The molecule has 4 heteroatoms. The number of fused-ring (bicyclic) bond motifs is 1. The van der Waals surface area contributed by atoms with Gasteiger partial charge in [-0.1, -0.05) is 23.7 Å². The third-order valence-corrected chi connectivity index (χ3v) is 2.47. The highest BCUT2D eigenvalue weighted by atomic mass is 35.5. The number of nitrogens with two attached hydrogens (primary N) is 1. The molecule has 1 aromatic heterocycles. The highest BCUT2D eigenvalue weighted by Gasteiger charge is 2.02. The van der Waals surface area contributed by atoms with Crippen LogP contribution in [0.2, 0.25) is 5.15 Å². The Morgan fingerprint density at radius 1 is 1.40 bits per heavy atom. The van der Waals surface area contributed by atoms with E-state index in [4.69, 9.17) is 17.4 Å². The largest absolute Gasteiger partial charge is 0.323 e. The zero-order valence-corrected chi connectivity index (χ0v) is 8.99. The van der Waals surface area contributed by atoms with Crippen molar-refractivity contribution in [3.8, 4) is 0 Å². The van der Waals surface area contributed by atoms with Crippen molar-refractivity contribution < 1.29 is 0 Å². The average Bonchev–Trinajstić information content (AvgIpc) is 2.20. The summed E-state index contributed by atoms with van der Waals surface area (Å²) in [6.45, 7) is 2.02. The van der Waals surface area contributed by atoms with E-state index in [2.05, 4.69) is 10.1 Å². The third kappa shape index (κ3) is 1.92. The Morgan fingerprint density at radius 3 is 2.93 bits per heavy atom. The molecular formula is C11H10ClN3. The minimum absolute atomic E-state index is 0.419. The van der Waals surface area contributed by atoms with Crippen molar-refractivity contribution in [2.75, 3.05) is 0 Å². The molecule has 0 saturated carbocycles. The van der Waals surface area contributed by atoms with Gasteiger partial charge in [-0.2, -0.15) is 5.10 Å². The third-order valence-electron chi connectivity index (χ3n) is 2.17. The molecule has 0 unspecified atom stereocenters. The summed E-state index contributed by atoms with van der Waals surface area (Å²) in [7, 11) is 0. The molecule has 2 aromatic rings. The van der Waals surface area contributed by atoms with E-state index < -0.39 is 0 Å². The molecule has 76 valence electrons. The predicted octanol–water partition coefficient (Wildman–Crippen LogP) is 2.49. The second-order valence-electron chi connectivity index (χ2n) is 3.34. The van der Waals surface area contributed by atoms with Crippen LogP contribution < -0.4 is 5.84 Å². The standard InChI is InChI=1S/C11H10ClN3/c1-7-2-3-8-5-9(6-14-13)11(12)15-10(8)4-7/h2-6H,13H2,1H3/b14-6+. The second-order valence-corrected chi connectivity index (χ2v) is 3.70. The van der Waals surface area contributed by atoms with E-state index in [0.717, 1.165) is 22.0 Å². The van der Waals surface area contributed by atoms with Crippen LogP contribution in [0.25, 0.3) is 10.9 Å². The SMILES string of the molecule is Cc1ccc2cc(/C=N/N)c(Cl)nc2c1. The summed E-state index contributed by atoms with van der Waals surface area (Å²) >= 11 is 5.98. The normalized spacial score (nSPS) is 11.3. The van der Waals surface area contributed by atoms with E-state index in [9.17, 15) is 0 Å². The van der Waals surface area contributed by atoms with Crippen molar-refractivity contribution in [1.29, 1.82) is 0 Å². The Labute approximate surface area is 92.6 Å². The van der Waals surface area contributed by atoms with Crippen LogP contribution in [-0.4, -0.2) is 11.2 Å². The number of halogens is 1. The Balaban J connectivity index is 2.70. The van der Waals surface area contributed by atoms with Crippen molar-refractivity contribution in [1.82, 2.24) is 4.98 Å². The van der Waals surface area contributed by atoms with Gasteiger partial charge in [0.1, 0.15) is 5.15 Å². The fourth-order valence-corrected chi connectivity index (χ4v) is 1.64. The first-order valence-corrected chi connectivity index (χ1v) is 4.88. The number of aromatic nitrogens is 1. The summed E-state index contributed by atoms with van der Waals surface area (Å²) in [6.07, 6.45) is 1.49. The van der Waals surface area contributed by atoms with E-state index in [1.807, 2.05) is 31.2 Å². The van der Waals surface area contributed by atoms with Crippen LogP contribution in [0.3, 0.4) is 0 Å². The maximum atomic E-state index is 5.98. The molecule has 0 saturated heterocycles. The van der Waals surface area contributed by atoms with Gasteiger partial charge in [-0.25, -0.2) is 4.98 Å². The summed E-state index contributed by atoms with van der Waals surface area (Å²) in [4.78, 5) is 4.27. The zero-order valence-electron chi connectivity index (χ0n) is 8.24. The van der Waals surface area contributed by atoms with E-state index in [1.165, 1.54) is 6.21 Å². The summed E-state index contributed by atoms with van der Waals surface area (Å²) in [6, 6.07) is 7.94. The summed E-state index contributed by atoms with van der Waals surface area (Å²) in [5.74, 6) is 5.08. The van der Waals surface area contributed by atoms with Crippen LogP contribution in [0.4, 0.5) is 0 Å². The molecule has 0 spiro atoms. The number of pyridine rings is 1. The van der Waals surface area contributed by atoms with Gasteiger partial charge < -0.3 is 5.84 Å². The highest BCUT2D eigenvalue weighted by Crippen LogP contribution is 2.20. The lowest BCUT2D eigenvalue weighted by atomic mass is 10.1. The molecule has 0 aliphatic carbocycles. The molecule has 1 heterocycles. The van der Waals surface area contributed by atoms with Crippen LogP contribution in [0.5, 0.6) is 0 Å². The highest BCUT2D eigenvalue weighted by molar-refractivity contribution is 6.32. The molecule has 15 heavy (non-hydrogen) atoms. The van der Waals surface area contributed by atoms with Gasteiger partial charge in [0.25, 0.3) is 0 Å². The first kappa shape index (κ1) is 9.93. The van der Waals surface area contributed by atoms with Gasteiger partial charge in [0.05, 0.1) is 11.7 Å². The number of hydrogen-bond donors (Lipinski definition) is 1. The Bertz CT molecular complexity index is 535. The number of aryl methyl sites for hydroxylation is 1. The van der Waals surface area contributed by atoms with Gasteiger partial charge >= 0.3 is 0 Å². The number of hydrazone groups is 1. The molecule has 0 fully saturated rings. The molecule has 0 atom stereocenters. The second kappa shape index (κ2) is 3.87. The first-order chi connectivity index (χ1) is 7.20. The van der Waals surface area contributed by atoms with Gasteiger partial charge in [0.15, 0.2) is 0 Å². The zero-order chi connectivity index (χ0) is 10.8. The van der Waals surface area contributed by atoms with E-state index in [1.54, 1.807) is 0 Å². The minimum atomic E-state index is 0.419. The molecule has 2 N–H and O–H groups in total. The Hall–Kier alpha value is -1.61. The van der Waals surface area contributed by atoms with Crippen molar-refractivity contribution >= 4 is 28.7 Å². The summed E-state index contributed by atoms with van der Waals surface area (Å²) < 4.78 is 0. The van der Waals surface area contributed by atoms with Crippen molar-refractivity contribution in [2.45, 2.75) is 6.92 Å². The van der Waals surface area contributed by atoms with Gasteiger partial charge in [-0.05, 0) is 24.6 Å². The van der Waals surface area contributed by atoms with E-state index >= 15 is 0 Å². The molecule has 3 nitrogen and oxygen atoms in total. The molecule has 1 aromatic carbocycles. The topological polar surface area (TPSA) is 51.3 Å². The van der Waals surface area contributed by atoms with Crippen molar-refractivity contribution in [2.24, 2.45) is 10.9 Å². The lowest BCUT2D eigenvalue weighted by Gasteiger charge is -2.02. The minimum Gasteiger partial charge on any atom is -0.323 e. The summed E-state index contributed by atoms with van der Waals surface area (Å²) in [5, 5.41) is 4.89. The van der Waals surface area contributed by atoms with Gasteiger partial charge in [0, 0.05) is 10.9 Å². The quantitative estimate of drug-likeness (QED) is 0.347. The molecule has 0 radical (unpaired) electrons. The predicted molar refractivity (Wildman–Crippen MR) is 63.3 cm³/mol. The number of benzene rings is 1. The van der Waals surface area contributed by atoms with Crippen LogP contribution in [0, 0.1) is 6.92 Å². The van der Waals surface area contributed by atoms with Crippen LogP contribution >= 0.6 is 11.6 Å². The van der Waals surface area contributed by atoms with Crippen molar-refractivity contribution in [3.63, 3.8) is 0 Å². The van der Waals surface area contributed by atoms with Crippen molar-refractivity contribution in [3.05, 3.63) is 40.5 Å². The Morgan fingerprint density at radius 2 is 2.20 bits per heavy atom. The molecule has 0 amide bonds. The monoisotopic (exact) mass is 219 g/mol. The molecule has 0 aliphatic heterocycles.